The Morgan fingerprint density at radius 3 is 1.80 bits per heavy atom. The number of esters is 2. The Morgan fingerprint density at radius 1 is 0.735 bits per heavy atom. The van der Waals surface area contributed by atoms with E-state index in [2.05, 4.69) is 35.7 Å². The normalized spacial score (nSPS) is 15.3. The number of ether oxygens (including phenoxy) is 2. The minimum atomic E-state index is -0.395. The second kappa shape index (κ2) is 13.4. The van der Waals surface area contributed by atoms with Crippen LogP contribution in [-0.2, 0) is 33.2 Å². The van der Waals surface area contributed by atoms with Gasteiger partial charge in [0.15, 0.2) is 22.9 Å². The lowest BCUT2D eigenvalue weighted by Crippen LogP contribution is -2.04. The lowest BCUT2D eigenvalue weighted by Gasteiger charge is -2.07. The number of carbonyl (C=O) groups is 2. The number of rotatable bonds is 6. The third kappa shape index (κ3) is 6.67. The number of aryl methyl sites for hydroxylation is 6. The standard InChI is InChI=1S/C19H20N4O2.C18H18N4O2/c1-10-5-15-17(21-8-10)23(3)18(22-15)16-11(2)6-12(9-20-16)13-7-14(13)19(24)25-4;1-11-7-14-17(20-9-11)22(3)18(21-14)16-12(2)8-13(10-19-16)5-6-15(23)24-4/h5-6,8-9,13-14H,7H2,1-4H3;5-10H,1-4H3/b;6-5+. The van der Waals surface area contributed by atoms with Crippen LogP contribution in [0.25, 0.3) is 51.4 Å². The van der Waals surface area contributed by atoms with Gasteiger partial charge < -0.3 is 18.6 Å². The van der Waals surface area contributed by atoms with Gasteiger partial charge in [0.2, 0.25) is 0 Å². The van der Waals surface area contributed by atoms with Crippen LogP contribution in [-0.4, -0.2) is 65.2 Å². The molecule has 1 saturated carbocycles. The van der Waals surface area contributed by atoms with Gasteiger partial charge in [-0.15, -0.1) is 0 Å². The van der Waals surface area contributed by atoms with Gasteiger partial charge in [0, 0.05) is 45.0 Å². The number of imidazole rings is 2. The SMILES string of the molecule is COC(=O)/C=C/c1cnc(-c2nc3cc(C)cnc3n2C)c(C)c1.COC(=O)C1CC1c1cnc(-c2nc3cc(C)cnc3n2C)c(C)c1. The molecule has 6 aromatic rings. The monoisotopic (exact) mass is 658 g/mol. The molecule has 0 radical (unpaired) electrons. The van der Waals surface area contributed by atoms with Crippen molar-refractivity contribution in [2.45, 2.75) is 40.0 Å². The van der Waals surface area contributed by atoms with Crippen LogP contribution in [0.4, 0.5) is 0 Å². The Labute approximate surface area is 283 Å². The molecular weight excluding hydrogens is 620 g/mol. The van der Waals surface area contributed by atoms with Gasteiger partial charge in [-0.05, 0) is 97.7 Å². The van der Waals surface area contributed by atoms with Gasteiger partial charge in [0.25, 0.3) is 0 Å². The Balaban J connectivity index is 0.000000170. The van der Waals surface area contributed by atoms with Gasteiger partial charge >= 0.3 is 11.9 Å². The summed E-state index contributed by atoms with van der Waals surface area (Å²) in [6.07, 6.45) is 11.1. The molecule has 1 aliphatic carbocycles. The highest BCUT2D eigenvalue weighted by Crippen LogP contribution is 2.48. The largest absolute Gasteiger partial charge is 0.469 e. The van der Waals surface area contributed by atoms with Crippen molar-refractivity contribution in [2.24, 2.45) is 20.0 Å². The number of fused-ring (bicyclic) bond motifs is 2. The highest BCUT2D eigenvalue weighted by atomic mass is 16.5. The number of hydrogen-bond acceptors (Lipinski definition) is 10. The quantitative estimate of drug-likeness (QED) is 0.160. The first-order valence-electron chi connectivity index (χ1n) is 15.8. The lowest BCUT2D eigenvalue weighted by atomic mass is 10.1. The van der Waals surface area contributed by atoms with E-state index < -0.39 is 5.97 Å². The highest BCUT2D eigenvalue weighted by Gasteiger charge is 2.45. The Hall–Kier alpha value is -5.78. The third-order valence-electron chi connectivity index (χ3n) is 8.65. The van der Waals surface area contributed by atoms with Gasteiger partial charge in [-0.1, -0.05) is 6.07 Å². The molecule has 2 unspecified atom stereocenters. The molecular formula is C37H38N8O4. The molecule has 0 saturated heterocycles. The number of carbonyl (C=O) groups excluding carboxylic acids is 2. The fourth-order valence-electron chi connectivity index (χ4n) is 5.94. The summed E-state index contributed by atoms with van der Waals surface area (Å²) in [5, 5.41) is 0. The lowest BCUT2D eigenvalue weighted by molar-refractivity contribution is -0.142. The molecule has 0 aromatic carbocycles. The van der Waals surface area contributed by atoms with E-state index in [1.165, 1.54) is 20.3 Å². The van der Waals surface area contributed by atoms with Crippen molar-refractivity contribution in [1.82, 2.24) is 39.0 Å². The van der Waals surface area contributed by atoms with Crippen LogP contribution >= 0.6 is 0 Å². The predicted molar refractivity (Wildman–Crippen MR) is 186 cm³/mol. The molecule has 12 heteroatoms. The average Bonchev–Trinajstić information content (AvgIpc) is 3.75. The Morgan fingerprint density at radius 2 is 1.29 bits per heavy atom. The van der Waals surface area contributed by atoms with Crippen molar-refractivity contribution in [3.05, 3.63) is 88.5 Å². The topological polar surface area (TPSA) is 140 Å². The number of methoxy groups -OCH3 is 2. The van der Waals surface area contributed by atoms with Crippen LogP contribution < -0.4 is 0 Å². The minimum Gasteiger partial charge on any atom is -0.469 e. The summed E-state index contributed by atoms with van der Waals surface area (Å²) in [7, 11) is 6.67. The van der Waals surface area contributed by atoms with Crippen LogP contribution in [0, 0.1) is 33.6 Å². The summed E-state index contributed by atoms with van der Waals surface area (Å²) in [5.74, 6) is 1.23. The van der Waals surface area contributed by atoms with Crippen molar-refractivity contribution in [3.8, 4) is 23.0 Å². The number of hydrogen-bond donors (Lipinski definition) is 0. The summed E-state index contributed by atoms with van der Waals surface area (Å²) < 4.78 is 13.3. The fraction of sp³-hybridized carbons (Fsp3) is 0.297. The highest BCUT2D eigenvalue weighted by molar-refractivity contribution is 5.87. The fourth-order valence-corrected chi connectivity index (χ4v) is 5.94. The summed E-state index contributed by atoms with van der Waals surface area (Å²) >= 11 is 0. The van der Waals surface area contributed by atoms with Crippen molar-refractivity contribution >= 4 is 40.3 Å². The van der Waals surface area contributed by atoms with E-state index in [-0.39, 0.29) is 17.8 Å². The zero-order valence-electron chi connectivity index (χ0n) is 28.8. The van der Waals surface area contributed by atoms with Crippen molar-refractivity contribution in [3.63, 3.8) is 0 Å². The maximum atomic E-state index is 11.6. The third-order valence-corrected chi connectivity index (χ3v) is 8.65. The second-order valence-electron chi connectivity index (χ2n) is 12.4. The van der Waals surface area contributed by atoms with Crippen molar-refractivity contribution < 1.29 is 19.1 Å². The number of nitrogens with zero attached hydrogens (tertiary/aromatic N) is 8. The molecule has 0 spiro atoms. The van der Waals surface area contributed by atoms with Crippen LogP contribution in [0.15, 0.2) is 55.1 Å². The van der Waals surface area contributed by atoms with E-state index >= 15 is 0 Å². The molecule has 0 aliphatic heterocycles. The Kier molecular flexibility index (Phi) is 9.05. The van der Waals surface area contributed by atoms with Crippen LogP contribution in [0.3, 0.4) is 0 Å². The number of pyridine rings is 4. The smallest absolute Gasteiger partial charge is 0.330 e. The molecule has 0 N–H and O–H groups in total. The molecule has 1 fully saturated rings. The maximum absolute atomic E-state index is 11.6. The van der Waals surface area contributed by atoms with Crippen LogP contribution in [0.2, 0.25) is 0 Å². The first-order valence-corrected chi connectivity index (χ1v) is 15.8. The van der Waals surface area contributed by atoms with Crippen LogP contribution in [0.5, 0.6) is 0 Å². The van der Waals surface area contributed by atoms with E-state index in [0.29, 0.717) is 0 Å². The zero-order valence-corrected chi connectivity index (χ0v) is 28.8. The molecule has 6 heterocycles. The van der Waals surface area contributed by atoms with Crippen molar-refractivity contribution in [2.75, 3.05) is 14.2 Å². The minimum absolute atomic E-state index is 0.0278. The molecule has 2 atom stereocenters. The molecule has 0 amide bonds. The predicted octanol–water partition coefficient (Wildman–Crippen LogP) is 5.76. The molecule has 49 heavy (non-hydrogen) atoms. The van der Waals surface area contributed by atoms with E-state index in [9.17, 15) is 9.59 Å². The average molecular weight is 659 g/mol. The summed E-state index contributed by atoms with van der Waals surface area (Å²) in [5.41, 5.74) is 11.1. The van der Waals surface area contributed by atoms with Gasteiger partial charge in [0.05, 0.1) is 20.1 Å². The summed E-state index contributed by atoms with van der Waals surface area (Å²) in [6.45, 7) is 7.99. The second-order valence-corrected chi connectivity index (χ2v) is 12.4. The molecule has 12 nitrogen and oxygen atoms in total. The van der Waals surface area contributed by atoms with Gasteiger partial charge in [0.1, 0.15) is 22.4 Å². The van der Waals surface area contributed by atoms with Gasteiger partial charge in [-0.2, -0.15) is 0 Å². The zero-order chi connectivity index (χ0) is 35.0. The summed E-state index contributed by atoms with van der Waals surface area (Å²) in [4.78, 5) is 50.3. The molecule has 250 valence electrons. The van der Waals surface area contributed by atoms with E-state index in [4.69, 9.17) is 9.72 Å². The van der Waals surface area contributed by atoms with Gasteiger partial charge in [-0.25, -0.2) is 24.7 Å². The molecule has 0 bridgehead atoms. The molecule has 1 aliphatic rings. The van der Waals surface area contributed by atoms with Crippen molar-refractivity contribution in [1.29, 1.82) is 0 Å². The van der Waals surface area contributed by atoms with E-state index in [1.54, 1.807) is 12.3 Å². The van der Waals surface area contributed by atoms with Crippen LogP contribution in [0.1, 0.15) is 45.7 Å². The maximum Gasteiger partial charge on any atom is 0.330 e. The molecule has 7 rings (SSSR count). The van der Waals surface area contributed by atoms with Gasteiger partial charge in [-0.3, -0.25) is 14.8 Å². The molecule has 6 aromatic heterocycles. The Bertz CT molecular complexity index is 2270. The first kappa shape index (κ1) is 33.1. The van der Waals surface area contributed by atoms with E-state index in [1.807, 2.05) is 87.7 Å². The number of aromatic nitrogens is 8. The summed E-state index contributed by atoms with van der Waals surface area (Å²) in [6, 6.07) is 8.10. The first-order chi connectivity index (χ1) is 23.5. The van der Waals surface area contributed by atoms with E-state index in [0.717, 1.165) is 85.2 Å².